The number of aliphatic hydroxyl groups is 1. The predicted molar refractivity (Wildman–Crippen MR) is 38.9 cm³/mol. The standard InChI is InChI=1S/C7H15NO2/c1-8(2)4-6(9)3-7-5-10-7/h6-7,9H,3-5H2,1-2H3. The third-order valence-electron chi connectivity index (χ3n) is 1.51. The first-order chi connectivity index (χ1) is 4.68. The Morgan fingerprint density at radius 3 is 2.70 bits per heavy atom. The first-order valence-electron chi connectivity index (χ1n) is 3.63. The van der Waals surface area contributed by atoms with Crippen molar-refractivity contribution >= 4 is 0 Å². The summed E-state index contributed by atoms with van der Waals surface area (Å²) in [6.07, 6.45) is 0.912. The third kappa shape index (κ3) is 3.15. The van der Waals surface area contributed by atoms with E-state index in [0.717, 1.165) is 19.6 Å². The largest absolute Gasteiger partial charge is 0.392 e. The van der Waals surface area contributed by atoms with Gasteiger partial charge in [0.15, 0.2) is 0 Å². The van der Waals surface area contributed by atoms with Gasteiger partial charge in [0, 0.05) is 13.0 Å². The first kappa shape index (κ1) is 7.98. The van der Waals surface area contributed by atoms with E-state index in [9.17, 15) is 5.11 Å². The number of hydrogen-bond donors (Lipinski definition) is 1. The molecule has 3 heteroatoms. The molecule has 2 unspecified atom stereocenters. The highest BCUT2D eigenvalue weighted by Gasteiger charge is 2.25. The fourth-order valence-electron chi connectivity index (χ4n) is 1.00. The van der Waals surface area contributed by atoms with E-state index in [1.165, 1.54) is 0 Å². The number of rotatable bonds is 4. The average Bonchev–Trinajstić information content (AvgIpc) is 2.46. The van der Waals surface area contributed by atoms with Crippen LogP contribution in [0.4, 0.5) is 0 Å². The fourth-order valence-corrected chi connectivity index (χ4v) is 1.00. The Morgan fingerprint density at radius 2 is 2.30 bits per heavy atom. The molecule has 0 saturated carbocycles. The molecule has 10 heavy (non-hydrogen) atoms. The summed E-state index contributed by atoms with van der Waals surface area (Å²) in [4.78, 5) is 1.98. The van der Waals surface area contributed by atoms with Crippen LogP contribution >= 0.6 is 0 Å². The van der Waals surface area contributed by atoms with Crippen molar-refractivity contribution in [3.8, 4) is 0 Å². The monoisotopic (exact) mass is 145 g/mol. The summed E-state index contributed by atoms with van der Waals surface area (Å²) in [6, 6.07) is 0. The SMILES string of the molecule is CN(C)CC(O)CC1CO1. The van der Waals surface area contributed by atoms with Crippen molar-refractivity contribution in [2.45, 2.75) is 18.6 Å². The molecule has 0 aromatic heterocycles. The van der Waals surface area contributed by atoms with Gasteiger partial charge in [0.05, 0.1) is 18.8 Å². The normalized spacial score (nSPS) is 27.0. The molecule has 2 atom stereocenters. The molecule has 1 heterocycles. The number of aliphatic hydroxyl groups excluding tert-OH is 1. The lowest BCUT2D eigenvalue weighted by Gasteiger charge is -2.14. The van der Waals surface area contributed by atoms with Gasteiger partial charge < -0.3 is 14.7 Å². The van der Waals surface area contributed by atoms with Crippen LogP contribution in [0.2, 0.25) is 0 Å². The van der Waals surface area contributed by atoms with Gasteiger partial charge >= 0.3 is 0 Å². The number of ether oxygens (including phenoxy) is 1. The van der Waals surface area contributed by atoms with E-state index in [2.05, 4.69) is 0 Å². The Balaban J connectivity index is 2.02. The van der Waals surface area contributed by atoms with Gasteiger partial charge in [-0.25, -0.2) is 0 Å². The summed E-state index contributed by atoms with van der Waals surface area (Å²) >= 11 is 0. The molecule has 0 amide bonds. The fraction of sp³-hybridized carbons (Fsp3) is 1.00. The van der Waals surface area contributed by atoms with E-state index in [-0.39, 0.29) is 6.10 Å². The van der Waals surface area contributed by atoms with Gasteiger partial charge in [-0.1, -0.05) is 0 Å². The van der Waals surface area contributed by atoms with Crippen LogP contribution < -0.4 is 0 Å². The lowest BCUT2D eigenvalue weighted by molar-refractivity contribution is 0.119. The third-order valence-corrected chi connectivity index (χ3v) is 1.51. The molecule has 0 aromatic rings. The van der Waals surface area contributed by atoms with Gasteiger partial charge in [-0.15, -0.1) is 0 Å². The summed E-state index contributed by atoms with van der Waals surface area (Å²) in [5.74, 6) is 0. The molecule has 3 nitrogen and oxygen atoms in total. The number of likely N-dealkylation sites (N-methyl/N-ethyl adjacent to an activating group) is 1. The minimum absolute atomic E-state index is 0.220. The van der Waals surface area contributed by atoms with Gasteiger partial charge in [-0.05, 0) is 14.1 Å². The molecule has 0 spiro atoms. The summed E-state index contributed by atoms with van der Waals surface area (Å²) in [6.45, 7) is 1.57. The quantitative estimate of drug-likeness (QED) is 0.552. The highest BCUT2D eigenvalue weighted by Crippen LogP contribution is 2.15. The van der Waals surface area contributed by atoms with E-state index in [0.29, 0.717) is 6.10 Å². The molecule has 60 valence electrons. The van der Waals surface area contributed by atoms with Crippen LogP contribution in [-0.4, -0.2) is 49.5 Å². The Labute approximate surface area is 61.6 Å². The molecule has 1 N–H and O–H groups in total. The molecule has 0 radical (unpaired) electrons. The minimum Gasteiger partial charge on any atom is -0.392 e. The minimum atomic E-state index is -0.220. The lowest BCUT2D eigenvalue weighted by Crippen LogP contribution is -2.26. The molecule has 1 aliphatic heterocycles. The summed E-state index contributed by atoms with van der Waals surface area (Å²) in [7, 11) is 3.91. The average molecular weight is 145 g/mol. The highest BCUT2D eigenvalue weighted by atomic mass is 16.6. The van der Waals surface area contributed by atoms with Gasteiger partial charge in [0.1, 0.15) is 0 Å². The van der Waals surface area contributed by atoms with Crippen molar-refractivity contribution in [2.75, 3.05) is 27.2 Å². The highest BCUT2D eigenvalue weighted by molar-refractivity contribution is 4.74. The van der Waals surface area contributed by atoms with E-state index in [1.54, 1.807) is 0 Å². The number of nitrogens with zero attached hydrogens (tertiary/aromatic N) is 1. The second-order valence-corrected chi connectivity index (χ2v) is 3.11. The molecule has 0 aromatic carbocycles. The van der Waals surface area contributed by atoms with Crippen molar-refractivity contribution in [1.82, 2.24) is 4.90 Å². The van der Waals surface area contributed by atoms with Crippen LogP contribution in [-0.2, 0) is 4.74 Å². The van der Waals surface area contributed by atoms with Gasteiger partial charge in [-0.3, -0.25) is 0 Å². The molecular weight excluding hydrogens is 130 g/mol. The van der Waals surface area contributed by atoms with Crippen LogP contribution in [0.15, 0.2) is 0 Å². The molecule has 0 aliphatic carbocycles. The second-order valence-electron chi connectivity index (χ2n) is 3.11. The van der Waals surface area contributed by atoms with E-state index < -0.39 is 0 Å². The Kier molecular flexibility index (Phi) is 2.65. The van der Waals surface area contributed by atoms with Crippen LogP contribution in [0, 0.1) is 0 Å². The van der Waals surface area contributed by atoms with E-state index >= 15 is 0 Å². The van der Waals surface area contributed by atoms with Crippen LogP contribution in [0.3, 0.4) is 0 Å². The summed E-state index contributed by atoms with van der Waals surface area (Å²) in [5.41, 5.74) is 0. The molecule has 1 rings (SSSR count). The Morgan fingerprint density at radius 1 is 1.70 bits per heavy atom. The van der Waals surface area contributed by atoms with Crippen LogP contribution in [0.5, 0.6) is 0 Å². The maximum atomic E-state index is 9.31. The van der Waals surface area contributed by atoms with Crippen molar-refractivity contribution in [2.24, 2.45) is 0 Å². The maximum absolute atomic E-state index is 9.31. The molecular formula is C7H15NO2. The van der Waals surface area contributed by atoms with E-state index in [1.807, 2.05) is 19.0 Å². The first-order valence-corrected chi connectivity index (χ1v) is 3.63. The Hall–Kier alpha value is -0.120. The van der Waals surface area contributed by atoms with Crippen LogP contribution in [0.1, 0.15) is 6.42 Å². The smallest absolute Gasteiger partial charge is 0.0835 e. The van der Waals surface area contributed by atoms with Crippen molar-refractivity contribution < 1.29 is 9.84 Å². The van der Waals surface area contributed by atoms with E-state index in [4.69, 9.17) is 4.74 Å². The molecule has 1 aliphatic rings. The summed E-state index contributed by atoms with van der Waals surface area (Å²) in [5, 5.41) is 9.31. The van der Waals surface area contributed by atoms with Crippen molar-refractivity contribution in [3.63, 3.8) is 0 Å². The lowest BCUT2D eigenvalue weighted by atomic mass is 10.2. The molecule has 0 bridgehead atoms. The predicted octanol–water partition coefficient (Wildman–Crippen LogP) is -0.302. The zero-order valence-electron chi connectivity index (χ0n) is 6.58. The maximum Gasteiger partial charge on any atom is 0.0835 e. The van der Waals surface area contributed by atoms with Crippen molar-refractivity contribution in [3.05, 3.63) is 0 Å². The van der Waals surface area contributed by atoms with Gasteiger partial charge in [0.2, 0.25) is 0 Å². The number of epoxide rings is 1. The Bertz CT molecular complexity index is 97.8. The van der Waals surface area contributed by atoms with Gasteiger partial charge in [-0.2, -0.15) is 0 Å². The second kappa shape index (κ2) is 3.32. The van der Waals surface area contributed by atoms with Crippen molar-refractivity contribution in [1.29, 1.82) is 0 Å². The summed E-state index contributed by atoms with van der Waals surface area (Å²) < 4.78 is 4.98. The zero-order chi connectivity index (χ0) is 7.56. The van der Waals surface area contributed by atoms with Crippen LogP contribution in [0.25, 0.3) is 0 Å². The molecule has 1 saturated heterocycles. The molecule has 1 fully saturated rings. The number of hydrogen-bond acceptors (Lipinski definition) is 3. The zero-order valence-corrected chi connectivity index (χ0v) is 6.58. The topological polar surface area (TPSA) is 36.0 Å². The van der Waals surface area contributed by atoms with Gasteiger partial charge in [0.25, 0.3) is 0 Å².